The molecule has 3 saturated heterocycles. The number of halogens is 1. The molecule has 16 nitrogen and oxygen atoms in total. The second-order valence-corrected chi connectivity index (χ2v) is 16.8. The van der Waals surface area contributed by atoms with Crippen LogP contribution in [0.15, 0.2) is 33.9 Å². The van der Waals surface area contributed by atoms with Crippen molar-refractivity contribution in [2.24, 2.45) is 22.9 Å². The summed E-state index contributed by atoms with van der Waals surface area (Å²) in [6, 6.07) is 1.92. The Balaban J connectivity index is 1.16. The number of amides is 2. The molecule has 4 aliphatic rings. The van der Waals surface area contributed by atoms with Gasteiger partial charge in [0.2, 0.25) is 11.5 Å². The van der Waals surface area contributed by atoms with Crippen LogP contribution in [0.2, 0.25) is 0 Å². The number of rotatable bonds is 11. The normalized spacial score (nSPS) is 27.3. The van der Waals surface area contributed by atoms with Crippen molar-refractivity contribution in [3.05, 3.63) is 45.9 Å². The fourth-order valence-electron chi connectivity index (χ4n) is 7.48. The number of carbonyl (C=O) groups excluding carboxylic acids is 3. The first-order chi connectivity index (χ1) is 24.3. The van der Waals surface area contributed by atoms with Crippen molar-refractivity contribution in [1.29, 1.82) is 0 Å². The molecule has 2 amide bonds. The van der Waals surface area contributed by atoms with E-state index < -0.39 is 63.7 Å². The smallest absolute Gasteiger partial charge is 0.352 e. The van der Waals surface area contributed by atoms with Gasteiger partial charge in [-0.15, -0.1) is 23.1 Å². The number of phenolic OH excluding ortho intramolecular Hbond substituents is 2. The summed E-state index contributed by atoms with van der Waals surface area (Å²) >= 11 is 2.41. The fourth-order valence-corrected chi connectivity index (χ4v) is 9.53. The van der Waals surface area contributed by atoms with Gasteiger partial charge in [-0.05, 0) is 32.9 Å². The number of carbonyl (C=O) groups is 5. The van der Waals surface area contributed by atoms with Gasteiger partial charge in [-0.25, -0.2) is 19.0 Å². The molecule has 0 saturated carbocycles. The van der Waals surface area contributed by atoms with Gasteiger partial charge in [0.25, 0.3) is 5.91 Å². The highest BCUT2D eigenvalue weighted by Crippen LogP contribution is 2.49. The van der Waals surface area contributed by atoms with Gasteiger partial charge in [0, 0.05) is 53.1 Å². The van der Waals surface area contributed by atoms with E-state index in [-0.39, 0.29) is 51.3 Å². The Morgan fingerprint density at radius 1 is 1.15 bits per heavy atom. The topological polar surface area (TPSA) is 233 Å². The maximum absolute atomic E-state index is 14.0. The van der Waals surface area contributed by atoms with E-state index in [4.69, 9.17) is 10.6 Å². The van der Waals surface area contributed by atoms with Crippen LogP contribution >= 0.6 is 23.1 Å². The van der Waals surface area contributed by atoms with E-state index in [0.29, 0.717) is 42.8 Å². The molecule has 3 fully saturated rings. The van der Waals surface area contributed by atoms with Crippen LogP contribution in [0.1, 0.15) is 43.2 Å². The van der Waals surface area contributed by atoms with Gasteiger partial charge in [0.15, 0.2) is 33.9 Å². The SMILES string of the molecule is C[C@@H]1S[C@@H]2[C@H](CC(=O)/C(=N\OC(C)(C)C(=O)O)c3csc(N)n3)C(=O)N2C(C(=O)O)=C1C[N+]1(C)C[C@H]2CN(C(=O)c3cc(O)c(O)c(F)c3)C[C@H]2C1. The molecule has 1 unspecified atom stereocenters. The molecule has 6 rings (SSSR count). The summed E-state index contributed by atoms with van der Waals surface area (Å²) in [6.07, 6.45) is -0.349. The van der Waals surface area contributed by atoms with Crippen LogP contribution in [-0.4, -0.2) is 131 Å². The third kappa shape index (κ3) is 6.67. The molecule has 278 valence electrons. The van der Waals surface area contributed by atoms with E-state index in [0.717, 1.165) is 23.5 Å². The summed E-state index contributed by atoms with van der Waals surface area (Å²) in [6.45, 7) is 6.72. The number of ketones is 1. The summed E-state index contributed by atoms with van der Waals surface area (Å²) in [7, 11) is 2.01. The lowest BCUT2D eigenvalue weighted by atomic mass is 9.88. The summed E-state index contributed by atoms with van der Waals surface area (Å²) in [5, 5.41) is 43.6. The maximum Gasteiger partial charge on any atom is 0.352 e. The number of Topliss-reactive ketones (excluding diaryl/α,β-unsaturated/α-hetero) is 1. The van der Waals surface area contributed by atoms with E-state index in [2.05, 4.69) is 10.1 Å². The number of benzene rings is 1. The Kier molecular flexibility index (Phi) is 9.50. The predicted octanol–water partition coefficient (Wildman–Crippen LogP) is 1.93. The van der Waals surface area contributed by atoms with Crippen molar-refractivity contribution in [2.75, 3.05) is 45.5 Å². The zero-order chi connectivity index (χ0) is 38.0. The van der Waals surface area contributed by atoms with Crippen molar-refractivity contribution in [3.63, 3.8) is 0 Å². The molecule has 6 N–H and O–H groups in total. The van der Waals surface area contributed by atoms with Gasteiger partial charge in [-0.3, -0.25) is 19.3 Å². The number of hydrogen-bond donors (Lipinski definition) is 5. The van der Waals surface area contributed by atoms with Crippen molar-refractivity contribution in [3.8, 4) is 11.5 Å². The van der Waals surface area contributed by atoms with Crippen LogP contribution in [0.4, 0.5) is 9.52 Å². The minimum absolute atomic E-state index is 0.0590. The number of oxime groups is 1. The van der Waals surface area contributed by atoms with Gasteiger partial charge in [-0.2, -0.15) is 0 Å². The number of likely N-dealkylation sites (N-methyl/N-ethyl adjacent to an activating group) is 1. The molecule has 0 aliphatic carbocycles. The third-order valence-corrected chi connectivity index (χ3v) is 12.3. The first-order valence-electron chi connectivity index (χ1n) is 16.3. The highest BCUT2D eigenvalue weighted by molar-refractivity contribution is 8.00. The number of nitrogens with zero attached hydrogens (tertiary/aromatic N) is 5. The molecule has 0 spiro atoms. The van der Waals surface area contributed by atoms with Gasteiger partial charge >= 0.3 is 11.9 Å². The Hall–Kier alpha value is -4.75. The molecular weight excluding hydrogens is 724 g/mol. The number of phenols is 2. The number of fused-ring (bicyclic) bond motifs is 2. The van der Waals surface area contributed by atoms with Crippen LogP contribution in [-0.2, 0) is 24.0 Å². The molecule has 2 aromatic rings. The van der Waals surface area contributed by atoms with Crippen LogP contribution < -0.4 is 5.73 Å². The molecular formula is C33H38FN6O10S2+. The number of carboxylic acids is 2. The van der Waals surface area contributed by atoms with Crippen molar-refractivity contribution < 1.29 is 58.1 Å². The summed E-state index contributed by atoms with van der Waals surface area (Å²) in [5.74, 6) is -7.70. The predicted molar refractivity (Wildman–Crippen MR) is 185 cm³/mol. The first kappa shape index (κ1) is 37.0. The number of aromatic hydroxyl groups is 2. The Labute approximate surface area is 304 Å². The molecule has 4 aliphatic heterocycles. The monoisotopic (exact) mass is 761 g/mol. The molecule has 0 bridgehead atoms. The van der Waals surface area contributed by atoms with Crippen molar-refractivity contribution >= 4 is 63.5 Å². The van der Waals surface area contributed by atoms with Gasteiger partial charge in [-0.1, -0.05) is 5.16 Å². The van der Waals surface area contributed by atoms with E-state index >= 15 is 0 Å². The zero-order valence-electron chi connectivity index (χ0n) is 28.6. The molecule has 5 heterocycles. The fraction of sp³-hybridized carbons (Fsp3) is 0.485. The van der Waals surface area contributed by atoms with Gasteiger partial charge < -0.3 is 40.4 Å². The number of hydrogen-bond acceptors (Lipinski definition) is 13. The Morgan fingerprint density at radius 3 is 2.37 bits per heavy atom. The van der Waals surface area contributed by atoms with E-state index in [9.17, 15) is 48.8 Å². The highest BCUT2D eigenvalue weighted by Gasteiger charge is 2.57. The quantitative estimate of drug-likeness (QED) is 0.0725. The molecule has 19 heteroatoms. The van der Waals surface area contributed by atoms with Crippen LogP contribution in [0.25, 0.3) is 0 Å². The summed E-state index contributed by atoms with van der Waals surface area (Å²) < 4.78 is 14.5. The number of aliphatic carboxylic acids is 2. The number of nitrogen functional groups attached to an aromatic ring is 1. The lowest BCUT2D eigenvalue weighted by Crippen LogP contribution is -2.63. The molecule has 1 aromatic carbocycles. The number of nitrogens with two attached hydrogens (primary N) is 1. The lowest BCUT2D eigenvalue weighted by molar-refractivity contribution is -0.896. The van der Waals surface area contributed by atoms with Crippen molar-refractivity contribution in [2.45, 2.75) is 43.4 Å². The number of likely N-dealkylation sites (tertiary alicyclic amines) is 2. The van der Waals surface area contributed by atoms with Gasteiger partial charge in [0.05, 0.1) is 31.4 Å². The standard InChI is InChI=1S/C33H37FN6O10S2/c1-14-19(12-40(4)10-16-8-38(9-17(16)11-40)27(44)15-5-20(34)26(43)23(42)6-15)25(30(46)47)39-28(45)18(29(39)52-14)7-22(41)24(21-13-51-32(35)36-21)37-50-33(2,3)31(48)49/h5-6,13-14,16-18,29H,7-12H2,1-4H3,(H5-,35,36,37,41,42,43,44,46,47,48,49)/p+1/t14-,16-,17+,18+,29+,40?/m0/s1. The van der Waals surface area contributed by atoms with E-state index in [1.54, 1.807) is 4.90 Å². The highest BCUT2D eigenvalue weighted by atomic mass is 32.2. The minimum atomic E-state index is -1.77. The summed E-state index contributed by atoms with van der Waals surface area (Å²) in [5.41, 5.74) is 4.14. The van der Waals surface area contributed by atoms with E-state index in [1.807, 2.05) is 14.0 Å². The van der Waals surface area contributed by atoms with Crippen molar-refractivity contribution in [1.82, 2.24) is 14.8 Å². The Bertz CT molecular complexity index is 1910. The molecule has 1 aromatic heterocycles. The number of β-lactam (4-membered cyclic amide) rings is 1. The van der Waals surface area contributed by atoms with Crippen LogP contribution in [0.3, 0.4) is 0 Å². The molecule has 52 heavy (non-hydrogen) atoms. The number of anilines is 1. The number of aromatic nitrogens is 1. The number of thiazole rings is 1. The average molecular weight is 762 g/mol. The minimum Gasteiger partial charge on any atom is -0.504 e. The number of thioether (sulfide) groups is 1. The lowest BCUT2D eigenvalue weighted by Gasteiger charge is -2.51. The average Bonchev–Trinajstić information content (AvgIpc) is 3.75. The second-order valence-electron chi connectivity index (χ2n) is 14.4. The first-order valence-corrected chi connectivity index (χ1v) is 18.2. The molecule has 0 radical (unpaired) electrons. The largest absolute Gasteiger partial charge is 0.504 e. The third-order valence-electron chi connectivity index (χ3n) is 10.1. The molecule has 6 atom stereocenters. The maximum atomic E-state index is 14.0. The number of quaternary nitrogens is 1. The van der Waals surface area contributed by atoms with Gasteiger partial charge in [0.1, 0.15) is 17.9 Å². The zero-order valence-corrected chi connectivity index (χ0v) is 30.2. The second kappa shape index (κ2) is 13.3. The Morgan fingerprint density at radius 2 is 1.81 bits per heavy atom. The summed E-state index contributed by atoms with van der Waals surface area (Å²) in [4.78, 5) is 76.7. The van der Waals surface area contributed by atoms with Crippen LogP contribution in [0, 0.1) is 23.6 Å². The van der Waals surface area contributed by atoms with E-state index in [1.165, 1.54) is 35.9 Å². The number of carboxylic acid groups (broad SMARTS) is 2. The van der Waals surface area contributed by atoms with Crippen LogP contribution in [0.5, 0.6) is 11.5 Å².